The van der Waals surface area contributed by atoms with Crippen LogP contribution in [0.5, 0.6) is 0 Å². The van der Waals surface area contributed by atoms with Crippen LogP contribution in [-0.2, 0) is 6.54 Å². The Labute approximate surface area is 185 Å². The van der Waals surface area contributed by atoms with Crippen LogP contribution in [0.1, 0.15) is 34.0 Å². The second-order valence-electron chi connectivity index (χ2n) is 7.21. The summed E-state index contributed by atoms with van der Waals surface area (Å²) in [4.78, 5) is 21.4. The fourth-order valence-corrected chi connectivity index (χ4v) is 5.14. The van der Waals surface area contributed by atoms with Gasteiger partial charge in [-0.25, -0.2) is 4.98 Å². The highest BCUT2D eigenvalue weighted by molar-refractivity contribution is 7.99. The van der Waals surface area contributed by atoms with E-state index >= 15 is 0 Å². The maximum absolute atomic E-state index is 13.6. The molecule has 0 saturated heterocycles. The molecule has 1 heterocycles. The number of fused-ring (bicyclic) bond motifs is 1. The molecule has 0 aliphatic rings. The standard InChI is InChI=1S/C25H24N2OS2/c1-4-29-21-14-12-20(13-15-21)24(28)27(16-19-8-6-5-7-9-19)25-26-22-17(2)10-11-18(3)23(22)30-25/h5-15H,4,16H2,1-3H3. The molecule has 0 radical (unpaired) electrons. The molecule has 0 spiro atoms. The predicted octanol–water partition coefficient (Wildman–Crippen LogP) is 6.87. The number of hydrogen-bond acceptors (Lipinski definition) is 4. The highest BCUT2D eigenvalue weighted by atomic mass is 32.2. The van der Waals surface area contributed by atoms with Gasteiger partial charge >= 0.3 is 0 Å². The van der Waals surface area contributed by atoms with Crippen molar-refractivity contribution in [3.63, 3.8) is 0 Å². The minimum Gasteiger partial charge on any atom is -0.279 e. The van der Waals surface area contributed by atoms with Gasteiger partial charge < -0.3 is 0 Å². The van der Waals surface area contributed by atoms with Crippen molar-refractivity contribution in [2.24, 2.45) is 0 Å². The monoisotopic (exact) mass is 432 g/mol. The lowest BCUT2D eigenvalue weighted by Crippen LogP contribution is -2.30. The van der Waals surface area contributed by atoms with E-state index in [9.17, 15) is 4.79 Å². The average Bonchev–Trinajstić information content (AvgIpc) is 3.22. The number of anilines is 1. The van der Waals surface area contributed by atoms with Gasteiger partial charge in [-0.15, -0.1) is 11.8 Å². The average molecular weight is 433 g/mol. The van der Waals surface area contributed by atoms with Crippen LogP contribution in [0.15, 0.2) is 71.6 Å². The topological polar surface area (TPSA) is 33.2 Å². The van der Waals surface area contributed by atoms with E-state index in [0.717, 1.165) is 32.2 Å². The van der Waals surface area contributed by atoms with Crippen LogP contribution in [0.4, 0.5) is 5.13 Å². The van der Waals surface area contributed by atoms with Gasteiger partial charge in [0.1, 0.15) is 0 Å². The number of thiazole rings is 1. The minimum atomic E-state index is -0.0266. The molecule has 1 amide bonds. The summed E-state index contributed by atoms with van der Waals surface area (Å²) in [5, 5.41) is 0.739. The Balaban J connectivity index is 1.75. The molecule has 3 nitrogen and oxygen atoms in total. The van der Waals surface area contributed by atoms with Crippen molar-refractivity contribution in [3.8, 4) is 0 Å². The zero-order valence-corrected chi connectivity index (χ0v) is 19.0. The van der Waals surface area contributed by atoms with Crippen LogP contribution in [0, 0.1) is 13.8 Å². The smallest absolute Gasteiger partial charge is 0.260 e. The Morgan fingerprint density at radius 2 is 1.67 bits per heavy atom. The summed E-state index contributed by atoms with van der Waals surface area (Å²) in [7, 11) is 0. The number of benzene rings is 3. The molecule has 5 heteroatoms. The molecule has 0 aliphatic carbocycles. The minimum absolute atomic E-state index is 0.0266. The number of hydrogen-bond donors (Lipinski definition) is 0. The summed E-state index contributed by atoms with van der Waals surface area (Å²) in [6, 6.07) is 22.2. The first-order chi connectivity index (χ1) is 14.6. The molecule has 4 aromatic rings. The number of amides is 1. The molecule has 0 unspecified atom stereocenters. The number of carbonyl (C=O) groups is 1. The van der Waals surface area contributed by atoms with Gasteiger partial charge in [-0.1, -0.05) is 60.7 Å². The first-order valence-electron chi connectivity index (χ1n) is 10.0. The molecule has 0 atom stereocenters. The van der Waals surface area contributed by atoms with E-state index in [-0.39, 0.29) is 5.91 Å². The van der Waals surface area contributed by atoms with Gasteiger partial charge in [0.15, 0.2) is 5.13 Å². The van der Waals surface area contributed by atoms with Crippen molar-refractivity contribution in [2.75, 3.05) is 10.7 Å². The van der Waals surface area contributed by atoms with Crippen LogP contribution < -0.4 is 4.90 Å². The third kappa shape index (κ3) is 4.27. The van der Waals surface area contributed by atoms with E-state index < -0.39 is 0 Å². The van der Waals surface area contributed by atoms with Crippen molar-refractivity contribution in [2.45, 2.75) is 32.2 Å². The van der Waals surface area contributed by atoms with Crippen molar-refractivity contribution in [1.82, 2.24) is 4.98 Å². The Hall–Kier alpha value is -2.63. The van der Waals surface area contributed by atoms with Crippen molar-refractivity contribution in [1.29, 1.82) is 0 Å². The van der Waals surface area contributed by atoms with Gasteiger partial charge in [0.25, 0.3) is 5.91 Å². The van der Waals surface area contributed by atoms with Crippen molar-refractivity contribution >= 4 is 44.4 Å². The number of aryl methyl sites for hydroxylation is 2. The molecule has 0 fully saturated rings. The lowest BCUT2D eigenvalue weighted by molar-refractivity contribution is 0.0985. The largest absolute Gasteiger partial charge is 0.279 e. The summed E-state index contributed by atoms with van der Waals surface area (Å²) < 4.78 is 1.14. The van der Waals surface area contributed by atoms with E-state index in [2.05, 4.69) is 32.9 Å². The number of thioether (sulfide) groups is 1. The second-order valence-corrected chi connectivity index (χ2v) is 9.52. The molecule has 3 aromatic carbocycles. The van der Waals surface area contributed by atoms with E-state index in [1.54, 1.807) is 28.0 Å². The van der Waals surface area contributed by atoms with Gasteiger partial charge in [0.05, 0.1) is 16.8 Å². The molecule has 152 valence electrons. The van der Waals surface area contributed by atoms with Crippen LogP contribution >= 0.6 is 23.1 Å². The maximum atomic E-state index is 13.6. The molecular formula is C25H24N2OS2. The molecule has 0 saturated carbocycles. The zero-order valence-electron chi connectivity index (χ0n) is 17.4. The number of aromatic nitrogens is 1. The zero-order chi connectivity index (χ0) is 21.1. The second kappa shape index (κ2) is 9.02. The molecule has 30 heavy (non-hydrogen) atoms. The molecular weight excluding hydrogens is 408 g/mol. The van der Waals surface area contributed by atoms with Gasteiger partial charge in [-0.3, -0.25) is 9.69 Å². The first kappa shape index (κ1) is 20.6. The molecule has 0 N–H and O–H groups in total. The van der Waals surface area contributed by atoms with Crippen LogP contribution in [0.3, 0.4) is 0 Å². The lowest BCUT2D eigenvalue weighted by Gasteiger charge is -2.20. The van der Waals surface area contributed by atoms with E-state index in [4.69, 9.17) is 4.98 Å². The number of carbonyl (C=O) groups excluding carboxylic acids is 1. The van der Waals surface area contributed by atoms with E-state index in [0.29, 0.717) is 12.1 Å². The highest BCUT2D eigenvalue weighted by Gasteiger charge is 2.22. The lowest BCUT2D eigenvalue weighted by atomic mass is 10.1. The van der Waals surface area contributed by atoms with Gasteiger partial charge in [0.2, 0.25) is 0 Å². The molecule has 4 rings (SSSR count). The van der Waals surface area contributed by atoms with Crippen molar-refractivity contribution in [3.05, 3.63) is 89.0 Å². The third-order valence-corrected chi connectivity index (χ3v) is 7.11. The maximum Gasteiger partial charge on any atom is 0.260 e. The van der Waals surface area contributed by atoms with E-state index in [1.165, 1.54) is 10.5 Å². The molecule has 0 aliphatic heterocycles. The summed E-state index contributed by atoms with van der Waals surface area (Å²) in [6.07, 6.45) is 0. The number of nitrogens with zero attached hydrogens (tertiary/aromatic N) is 2. The normalized spacial score (nSPS) is 11.0. The summed E-state index contributed by atoms with van der Waals surface area (Å²) in [5.41, 5.74) is 5.06. The SMILES string of the molecule is CCSc1ccc(C(=O)N(Cc2ccccc2)c2nc3c(C)ccc(C)c3s2)cc1. The van der Waals surface area contributed by atoms with Crippen LogP contribution in [-0.4, -0.2) is 16.6 Å². The predicted molar refractivity (Wildman–Crippen MR) is 129 cm³/mol. The van der Waals surface area contributed by atoms with Crippen molar-refractivity contribution < 1.29 is 4.79 Å². The quantitative estimate of drug-likeness (QED) is 0.312. The first-order valence-corrected chi connectivity index (χ1v) is 11.8. The Morgan fingerprint density at radius 1 is 0.967 bits per heavy atom. The third-order valence-electron chi connectivity index (χ3n) is 5.00. The van der Waals surface area contributed by atoms with Gasteiger partial charge in [-0.05, 0) is 60.6 Å². The Morgan fingerprint density at radius 3 is 2.33 bits per heavy atom. The van der Waals surface area contributed by atoms with Crippen LogP contribution in [0.25, 0.3) is 10.2 Å². The summed E-state index contributed by atoms with van der Waals surface area (Å²) in [5.74, 6) is 0.985. The van der Waals surface area contributed by atoms with E-state index in [1.807, 2.05) is 54.6 Å². The van der Waals surface area contributed by atoms with Crippen LogP contribution in [0.2, 0.25) is 0 Å². The van der Waals surface area contributed by atoms with Gasteiger partial charge in [0, 0.05) is 10.5 Å². The Kier molecular flexibility index (Phi) is 6.21. The summed E-state index contributed by atoms with van der Waals surface area (Å²) >= 11 is 3.36. The number of rotatable bonds is 6. The fraction of sp³-hybridized carbons (Fsp3) is 0.200. The molecule has 1 aromatic heterocycles. The summed E-state index contributed by atoms with van der Waals surface area (Å²) in [6.45, 7) is 6.78. The Bertz CT molecular complexity index is 1130. The fourth-order valence-electron chi connectivity index (χ4n) is 3.37. The highest BCUT2D eigenvalue weighted by Crippen LogP contribution is 2.34. The van der Waals surface area contributed by atoms with Gasteiger partial charge in [-0.2, -0.15) is 0 Å². The molecule has 0 bridgehead atoms.